The van der Waals surface area contributed by atoms with Crippen molar-refractivity contribution in [2.24, 2.45) is 0 Å². The van der Waals surface area contributed by atoms with Crippen molar-refractivity contribution in [3.05, 3.63) is 42.2 Å². The van der Waals surface area contributed by atoms with Crippen molar-refractivity contribution in [1.29, 1.82) is 0 Å². The first-order chi connectivity index (χ1) is 6.86. The molecule has 0 aromatic carbocycles. The molecule has 0 radical (unpaired) electrons. The number of hydrogen-bond donors (Lipinski definition) is 1. The smallest absolute Gasteiger partial charge is 0.203 e. The highest BCUT2D eigenvalue weighted by molar-refractivity contribution is 5.93. The van der Waals surface area contributed by atoms with Crippen LogP contribution in [0.2, 0.25) is 0 Å². The Morgan fingerprint density at radius 1 is 1.50 bits per heavy atom. The lowest BCUT2D eigenvalue weighted by Crippen LogP contribution is -2.05. The largest absolute Gasteiger partial charge is 0.290 e. The maximum atomic E-state index is 11.5. The van der Waals surface area contributed by atoms with Gasteiger partial charge in [-0.05, 0) is 11.6 Å². The molecule has 0 aliphatic carbocycles. The molecule has 2 aromatic rings. The lowest BCUT2D eigenvalue weighted by molar-refractivity contribution is 0.0983. The quantitative estimate of drug-likeness (QED) is 0.717. The highest BCUT2D eigenvalue weighted by Crippen LogP contribution is 2.01. The fraction of sp³-hybridized carbons (Fsp3) is 0.111. The number of H-pyrrole nitrogens is 1. The lowest BCUT2D eigenvalue weighted by atomic mass is 10.1. The summed E-state index contributed by atoms with van der Waals surface area (Å²) in [6, 6.07) is 3.64. The number of nitrogens with one attached hydrogen (secondary N) is 1. The molecule has 0 atom stereocenters. The third-order valence-corrected chi connectivity index (χ3v) is 1.77. The molecule has 2 heterocycles. The topological polar surface area (TPSA) is 71.5 Å². The Labute approximate surface area is 80.2 Å². The summed E-state index contributed by atoms with van der Waals surface area (Å²) < 4.78 is 0. The van der Waals surface area contributed by atoms with E-state index < -0.39 is 0 Å². The molecule has 5 heteroatoms. The first-order valence-corrected chi connectivity index (χ1v) is 4.14. The minimum absolute atomic E-state index is 0.0875. The van der Waals surface area contributed by atoms with Crippen molar-refractivity contribution in [1.82, 2.24) is 20.2 Å². The molecule has 0 amide bonds. The van der Waals surface area contributed by atoms with Gasteiger partial charge in [0.2, 0.25) is 5.78 Å². The molecule has 0 saturated carbocycles. The van der Waals surface area contributed by atoms with Gasteiger partial charge in [0.25, 0.3) is 0 Å². The van der Waals surface area contributed by atoms with Crippen LogP contribution in [0.3, 0.4) is 0 Å². The molecule has 0 aliphatic heterocycles. The molecule has 2 aromatic heterocycles. The van der Waals surface area contributed by atoms with E-state index in [-0.39, 0.29) is 11.6 Å². The van der Waals surface area contributed by atoms with Crippen LogP contribution >= 0.6 is 0 Å². The van der Waals surface area contributed by atoms with Gasteiger partial charge in [-0.3, -0.25) is 14.9 Å². The summed E-state index contributed by atoms with van der Waals surface area (Å²) in [7, 11) is 0. The SMILES string of the molecule is O=C(Cc1cccnc1)c1ncn[nH]1. The summed E-state index contributed by atoms with van der Waals surface area (Å²) in [6.07, 6.45) is 4.94. The number of hydrogen-bond acceptors (Lipinski definition) is 4. The van der Waals surface area contributed by atoms with E-state index in [1.54, 1.807) is 18.5 Å². The van der Waals surface area contributed by atoms with Crippen LogP contribution in [0.15, 0.2) is 30.9 Å². The molecule has 0 saturated heterocycles. The van der Waals surface area contributed by atoms with E-state index in [4.69, 9.17) is 0 Å². The maximum Gasteiger partial charge on any atom is 0.203 e. The number of pyridine rings is 1. The van der Waals surface area contributed by atoms with E-state index in [1.165, 1.54) is 6.33 Å². The van der Waals surface area contributed by atoms with E-state index >= 15 is 0 Å². The zero-order valence-electron chi connectivity index (χ0n) is 7.34. The molecule has 70 valence electrons. The fourth-order valence-corrected chi connectivity index (χ4v) is 1.11. The Bertz CT molecular complexity index is 410. The van der Waals surface area contributed by atoms with Gasteiger partial charge < -0.3 is 0 Å². The van der Waals surface area contributed by atoms with Gasteiger partial charge in [-0.2, -0.15) is 5.10 Å². The van der Waals surface area contributed by atoms with Crippen molar-refractivity contribution in [3.63, 3.8) is 0 Å². The van der Waals surface area contributed by atoms with Gasteiger partial charge in [0, 0.05) is 18.8 Å². The average Bonchev–Trinajstić information content (AvgIpc) is 2.72. The molecule has 0 fully saturated rings. The van der Waals surface area contributed by atoms with Gasteiger partial charge in [0.15, 0.2) is 5.82 Å². The van der Waals surface area contributed by atoms with Crippen LogP contribution in [0, 0.1) is 0 Å². The predicted molar refractivity (Wildman–Crippen MR) is 48.7 cm³/mol. The van der Waals surface area contributed by atoms with Crippen LogP contribution in [0.4, 0.5) is 0 Å². The minimum atomic E-state index is -0.0875. The zero-order chi connectivity index (χ0) is 9.80. The number of carbonyl (C=O) groups is 1. The second-order valence-corrected chi connectivity index (χ2v) is 2.80. The number of nitrogens with zero attached hydrogens (tertiary/aromatic N) is 3. The Morgan fingerprint density at radius 2 is 2.43 bits per heavy atom. The molecular weight excluding hydrogens is 180 g/mol. The number of carbonyl (C=O) groups excluding carboxylic acids is 1. The predicted octanol–water partition coefficient (Wildman–Crippen LogP) is 0.625. The van der Waals surface area contributed by atoms with E-state index in [9.17, 15) is 4.79 Å². The third-order valence-electron chi connectivity index (χ3n) is 1.77. The van der Waals surface area contributed by atoms with E-state index in [0.29, 0.717) is 6.42 Å². The second kappa shape index (κ2) is 3.78. The van der Waals surface area contributed by atoms with E-state index in [2.05, 4.69) is 20.2 Å². The standard InChI is InChI=1S/C9H8N4O/c14-8(9-11-6-12-13-9)4-7-2-1-3-10-5-7/h1-3,5-6H,4H2,(H,11,12,13). The van der Waals surface area contributed by atoms with Crippen LogP contribution in [0.1, 0.15) is 16.2 Å². The van der Waals surface area contributed by atoms with E-state index in [1.807, 2.05) is 6.07 Å². The second-order valence-electron chi connectivity index (χ2n) is 2.80. The zero-order valence-corrected chi connectivity index (χ0v) is 7.34. The maximum absolute atomic E-state index is 11.5. The Kier molecular flexibility index (Phi) is 2.31. The first-order valence-electron chi connectivity index (χ1n) is 4.14. The van der Waals surface area contributed by atoms with Crippen LogP contribution in [-0.2, 0) is 6.42 Å². The number of Topliss-reactive ketones (excluding diaryl/α,β-unsaturated/α-hetero) is 1. The lowest BCUT2D eigenvalue weighted by Gasteiger charge is -1.96. The summed E-state index contributed by atoms with van der Waals surface area (Å²) in [5, 5.41) is 6.14. The molecule has 0 bridgehead atoms. The van der Waals surface area contributed by atoms with Gasteiger partial charge in [0.1, 0.15) is 6.33 Å². The summed E-state index contributed by atoms with van der Waals surface area (Å²) in [6.45, 7) is 0. The van der Waals surface area contributed by atoms with Gasteiger partial charge in [-0.1, -0.05) is 6.07 Å². The van der Waals surface area contributed by atoms with Crippen molar-refractivity contribution >= 4 is 5.78 Å². The first kappa shape index (κ1) is 8.55. The average molecular weight is 188 g/mol. The van der Waals surface area contributed by atoms with Crippen LogP contribution in [0.5, 0.6) is 0 Å². The van der Waals surface area contributed by atoms with Crippen LogP contribution in [0.25, 0.3) is 0 Å². The molecule has 5 nitrogen and oxygen atoms in total. The normalized spacial score (nSPS) is 10.0. The molecule has 14 heavy (non-hydrogen) atoms. The Hall–Kier alpha value is -2.04. The van der Waals surface area contributed by atoms with Crippen molar-refractivity contribution in [2.75, 3.05) is 0 Å². The number of aromatic amines is 1. The van der Waals surface area contributed by atoms with E-state index in [0.717, 1.165) is 5.56 Å². The summed E-state index contributed by atoms with van der Waals surface area (Å²) in [5.74, 6) is 0.198. The highest BCUT2D eigenvalue weighted by Gasteiger charge is 2.09. The van der Waals surface area contributed by atoms with Crippen molar-refractivity contribution in [2.45, 2.75) is 6.42 Å². The summed E-state index contributed by atoms with van der Waals surface area (Å²) >= 11 is 0. The monoisotopic (exact) mass is 188 g/mol. The minimum Gasteiger partial charge on any atom is -0.290 e. The summed E-state index contributed by atoms with van der Waals surface area (Å²) in [4.78, 5) is 19.2. The van der Waals surface area contributed by atoms with Crippen LogP contribution < -0.4 is 0 Å². The van der Waals surface area contributed by atoms with Gasteiger partial charge in [-0.25, -0.2) is 4.98 Å². The van der Waals surface area contributed by atoms with Gasteiger partial charge in [0.05, 0.1) is 0 Å². The molecule has 0 aliphatic rings. The highest BCUT2D eigenvalue weighted by atomic mass is 16.1. The number of ketones is 1. The van der Waals surface area contributed by atoms with Gasteiger partial charge >= 0.3 is 0 Å². The third kappa shape index (κ3) is 1.82. The molecule has 0 spiro atoms. The molecule has 1 N–H and O–H groups in total. The van der Waals surface area contributed by atoms with Gasteiger partial charge in [-0.15, -0.1) is 0 Å². The van der Waals surface area contributed by atoms with Crippen molar-refractivity contribution < 1.29 is 4.79 Å². The Morgan fingerprint density at radius 3 is 3.07 bits per heavy atom. The number of rotatable bonds is 3. The van der Waals surface area contributed by atoms with Crippen molar-refractivity contribution in [3.8, 4) is 0 Å². The molecule has 2 rings (SSSR count). The van der Waals surface area contributed by atoms with Crippen LogP contribution in [-0.4, -0.2) is 25.9 Å². The summed E-state index contributed by atoms with van der Waals surface area (Å²) in [5.41, 5.74) is 0.869. The molecular formula is C9H8N4O. The molecule has 0 unspecified atom stereocenters. The Balaban J connectivity index is 2.10. The number of aromatic nitrogens is 4. The fourth-order valence-electron chi connectivity index (χ4n) is 1.11.